The predicted octanol–water partition coefficient (Wildman–Crippen LogP) is 3.43. The number of nitrogens with zero attached hydrogens (tertiary/aromatic N) is 2. The summed E-state index contributed by atoms with van der Waals surface area (Å²) in [4.78, 5) is 5.23. The van der Waals surface area contributed by atoms with Crippen LogP contribution in [0.25, 0.3) is 11.0 Å². The molecule has 1 N–H and O–H groups in total. The summed E-state index contributed by atoms with van der Waals surface area (Å²) < 4.78 is 15.9. The Morgan fingerprint density at radius 2 is 2.05 bits per heavy atom. The minimum atomic E-state index is -0.247. The SMILES string of the molecule is CN(C)CC(C)(C)Cn1c(=S)[nH]c2cc(F)ccc21. The first kappa shape index (κ1) is 14.2. The molecule has 0 aliphatic rings. The number of imidazole rings is 1. The van der Waals surface area contributed by atoms with E-state index in [9.17, 15) is 4.39 Å². The van der Waals surface area contributed by atoms with E-state index in [4.69, 9.17) is 12.2 Å². The Morgan fingerprint density at radius 3 is 2.68 bits per heavy atom. The van der Waals surface area contributed by atoms with Crippen LogP contribution < -0.4 is 0 Å². The second-order valence-corrected chi connectivity index (χ2v) is 6.47. The van der Waals surface area contributed by atoms with Gasteiger partial charge in [0.1, 0.15) is 5.82 Å². The third kappa shape index (κ3) is 3.22. The van der Waals surface area contributed by atoms with Crippen LogP contribution in [0.3, 0.4) is 0 Å². The highest BCUT2D eigenvalue weighted by molar-refractivity contribution is 7.71. The summed E-state index contributed by atoms with van der Waals surface area (Å²) in [6.45, 7) is 6.17. The zero-order valence-electron chi connectivity index (χ0n) is 11.8. The average molecular weight is 281 g/mol. The number of halogens is 1. The smallest absolute Gasteiger partial charge is 0.178 e. The Bertz CT molecular complexity index is 640. The van der Waals surface area contributed by atoms with Gasteiger partial charge in [-0.05, 0) is 49.9 Å². The Kier molecular flexibility index (Phi) is 3.78. The van der Waals surface area contributed by atoms with Gasteiger partial charge in [-0.25, -0.2) is 4.39 Å². The highest BCUT2D eigenvalue weighted by Gasteiger charge is 2.21. The monoisotopic (exact) mass is 281 g/mol. The number of aromatic nitrogens is 2. The largest absolute Gasteiger partial charge is 0.330 e. The van der Waals surface area contributed by atoms with Crippen molar-refractivity contribution in [2.75, 3.05) is 20.6 Å². The number of rotatable bonds is 4. The van der Waals surface area contributed by atoms with Crippen molar-refractivity contribution in [2.24, 2.45) is 5.41 Å². The zero-order valence-corrected chi connectivity index (χ0v) is 12.6. The molecule has 0 radical (unpaired) electrons. The summed E-state index contributed by atoms with van der Waals surface area (Å²) in [7, 11) is 4.12. The lowest BCUT2D eigenvalue weighted by atomic mass is 9.93. The van der Waals surface area contributed by atoms with Crippen LogP contribution in [-0.2, 0) is 6.54 Å². The van der Waals surface area contributed by atoms with E-state index in [0.717, 1.165) is 24.1 Å². The molecule has 3 nitrogen and oxygen atoms in total. The molecule has 2 aromatic rings. The van der Waals surface area contributed by atoms with Crippen LogP contribution in [-0.4, -0.2) is 35.1 Å². The fourth-order valence-corrected chi connectivity index (χ4v) is 2.90. The highest BCUT2D eigenvalue weighted by atomic mass is 32.1. The molecular formula is C14H20FN3S. The minimum Gasteiger partial charge on any atom is -0.330 e. The Balaban J connectivity index is 2.40. The predicted molar refractivity (Wildman–Crippen MR) is 79.4 cm³/mol. The van der Waals surface area contributed by atoms with Crippen molar-refractivity contribution in [3.8, 4) is 0 Å². The van der Waals surface area contributed by atoms with Crippen molar-refractivity contribution in [1.29, 1.82) is 0 Å². The van der Waals surface area contributed by atoms with Gasteiger partial charge < -0.3 is 14.5 Å². The maximum Gasteiger partial charge on any atom is 0.178 e. The van der Waals surface area contributed by atoms with Crippen LogP contribution in [0.4, 0.5) is 4.39 Å². The maximum atomic E-state index is 13.2. The van der Waals surface area contributed by atoms with Crippen molar-refractivity contribution < 1.29 is 4.39 Å². The van der Waals surface area contributed by atoms with E-state index in [0.29, 0.717) is 4.77 Å². The summed E-state index contributed by atoms with van der Waals surface area (Å²) in [6.07, 6.45) is 0. The lowest BCUT2D eigenvalue weighted by Gasteiger charge is -2.28. The molecular weight excluding hydrogens is 261 g/mol. The molecule has 1 aromatic heterocycles. The number of aromatic amines is 1. The first-order chi connectivity index (χ1) is 8.78. The Hall–Kier alpha value is -1.20. The number of H-pyrrole nitrogens is 1. The molecule has 0 atom stereocenters. The number of fused-ring (bicyclic) bond motifs is 1. The van der Waals surface area contributed by atoms with Crippen molar-refractivity contribution in [3.63, 3.8) is 0 Å². The number of benzene rings is 1. The van der Waals surface area contributed by atoms with Gasteiger partial charge in [0.25, 0.3) is 0 Å². The quantitative estimate of drug-likeness (QED) is 0.868. The van der Waals surface area contributed by atoms with E-state index in [1.165, 1.54) is 12.1 Å². The molecule has 0 bridgehead atoms. The molecule has 0 saturated heterocycles. The molecule has 2 rings (SSSR count). The van der Waals surface area contributed by atoms with E-state index >= 15 is 0 Å². The van der Waals surface area contributed by atoms with E-state index in [1.54, 1.807) is 6.07 Å². The van der Waals surface area contributed by atoms with Gasteiger partial charge in [-0.2, -0.15) is 0 Å². The molecule has 1 heterocycles. The highest BCUT2D eigenvalue weighted by Crippen LogP contribution is 2.23. The van der Waals surface area contributed by atoms with Gasteiger partial charge >= 0.3 is 0 Å². The molecule has 0 aliphatic carbocycles. The molecule has 0 saturated carbocycles. The van der Waals surface area contributed by atoms with Crippen LogP contribution in [0, 0.1) is 16.0 Å². The second-order valence-electron chi connectivity index (χ2n) is 6.08. The summed E-state index contributed by atoms with van der Waals surface area (Å²) >= 11 is 5.35. The second kappa shape index (κ2) is 5.06. The van der Waals surface area contributed by atoms with Crippen LogP contribution in [0.15, 0.2) is 18.2 Å². The van der Waals surface area contributed by atoms with E-state index in [-0.39, 0.29) is 11.2 Å². The normalized spacial score (nSPS) is 12.5. The molecule has 0 aliphatic heterocycles. The standard InChI is InChI=1S/C14H20FN3S/c1-14(2,8-17(3)4)9-18-12-6-5-10(15)7-11(12)16-13(18)19/h5-7H,8-9H2,1-4H3,(H,16,19). The summed E-state index contributed by atoms with van der Waals surface area (Å²) in [6, 6.07) is 4.74. The number of hydrogen-bond donors (Lipinski definition) is 1. The molecule has 5 heteroatoms. The topological polar surface area (TPSA) is 24.0 Å². The molecule has 0 unspecified atom stereocenters. The lowest BCUT2D eigenvalue weighted by molar-refractivity contribution is 0.212. The van der Waals surface area contributed by atoms with Gasteiger partial charge in [0.05, 0.1) is 11.0 Å². The van der Waals surface area contributed by atoms with Crippen molar-refractivity contribution in [1.82, 2.24) is 14.5 Å². The lowest BCUT2D eigenvalue weighted by Crippen LogP contribution is -2.32. The molecule has 104 valence electrons. The van der Waals surface area contributed by atoms with E-state index < -0.39 is 0 Å². The molecule has 0 amide bonds. The first-order valence-corrected chi connectivity index (χ1v) is 6.72. The fourth-order valence-electron chi connectivity index (χ4n) is 2.63. The van der Waals surface area contributed by atoms with Crippen molar-refractivity contribution in [3.05, 3.63) is 28.8 Å². The van der Waals surface area contributed by atoms with Gasteiger partial charge in [0.15, 0.2) is 4.77 Å². The molecule has 0 spiro atoms. The van der Waals surface area contributed by atoms with Crippen molar-refractivity contribution >= 4 is 23.3 Å². The minimum absolute atomic E-state index is 0.0885. The van der Waals surface area contributed by atoms with Crippen LogP contribution in [0.5, 0.6) is 0 Å². The number of hydrogen-bond acceptors (Lipinski definition) is 2. The Labute approximate surface area is 118 Å². The van der Waals surface area contributed by atoms with E-state index in [2.05, 4.69) is 37.8 Å². The van der Waals surface area contributed by atoms with Crippen LogP contribution in [0.2, 0.25) is 0 Å². The van der Waals surface area contributed by atoms with Crippen LogP contribution >= 0.6 is 12.2 Å². The summed E-state index contributed by atoms with van der Waals surface area (Å²) in [5, 5.41) is 0. The summed E-state index contributed by atoms with van der Waals surface area (Å²) in [5.41, 5.74) is 1.80. The first-order valence-electron chi connectivity index (χ1n) is 6.31. The van der Waals surface area contributed by atoms with Crippen LogP contribution in [0.1, 0.15) is 13.8 Å². The average Bonchev–Trinajstić information content (AvgIpc) is 2.52. The Morgan fingerprint density at radius 1 is 1.37 bits per heavy atom. The maximum absolute atomic E-state index is 13.2. The molecule has 0 fully saturated rings. The third-order valence-electron chi connectivity index (χ3n) is 3.07. The van der Waals surface area contributed by atoms with Crippen molar-refractivity contribution in [2.45, 2.75) is 20.4 Å². The van der Waals surface area contributed by atoms with Gasteiger partial charge in [0, 0.05) is 13.1 Å². The van der Waals surface area contributed by atoms with Gasteiger partial charge in [-0.15, -0.1) is 0 Å². The number of nitrogens with one attached hydrogen (secondary N) is 1. The molecule has 1 aromatic carbocycles. The van der Waals surface area contributed by atoms with Gasteiger partial charge in [-0.3, -0.25) is 0 Å². The third-order valence-corrected chi connectivity index (χ3v) is 3.39. The van der Waals surface area contributed by atoms with Gasteiger partial charge in [0.2, 0.25) is 0 Å². The fraction of sp³-hybridized carbons (Fsp3) is 0.500. The van der Waals surface area contributed by atoms with E-state index in [1.807, 2.05) is 4.57 Å². The van der Waals surface area contributed by atoms with Gasteiger partial charge in [-0.1, -0.05) is 13.8 Å². The summed E-state index contributed by atoms with van der Waals surface area (Å²) in [5.74, 6) is -0.247. The zero-order chi connectivity index (χ0) is 14.2. The molecule has 19 heavy (non-hydrogen) atoms.